The molecule has 2 rings (SSSR count). The minimum atomic E-state index is 1.01. The molecule has 0 aromatic heterocycles. The summed E-state index contributed by atoms with van der Waals surface area (Å²) in [4.78, 5) is 0. The van der Waals surface area contributed by atoms with Gasteiger partial charge in [0.1, 0.15) is 5.03 Å². The van der Waals surface area contributed by atoms with E-state index < -0.39 is 0 Å². The lowest BCUT2D eigenvalue weighted by Crippen LogP contribution is -2.26. The predicted molar refractivity (Wildman–Crippen MR) is 34.6 cm³/mol. The first-order valence-electron chi connectivity index (χ1n) is 2.48. The first-order chi connectivity index (χ1) is 4.47. The van der Waals surface area contributed by atoms with Crippen LogP contribution in [0.4, 0.5) is 0 Å². The van der Waals surface area contributed by atoms with Gasteiger partial charge in [-0.2, -0.15) is 0 Å². The molecular weight excluding hydrogens is 136 g/mol. The lowest BCUT2D eigenvalue weighted by molar-refractivity contribution is 0.313. The van der Waals surface area contributed by atoms with E-state index in [-0.39, 0.29) is 0 Å². The van der Waals surface area contributed by atoms with Crippen molar-refractivity contribution in [3.05, 3.63) is 23.4 Å². The molecule has 2 heterocycles. The molecule has 5 heteroatoms. The molecule has 0 aromatic rings. The summed E-state index contributed by atoms with van der Waals surface area (Å²) in [5.41, 5.74) is 2.88. The average Bonchev–Trinajstić information content (AvgIpc) is 2.33. The quantitative estimate of drug-likeness (QED) is 0.514. The number of rotatable bonds is 0. The average molecular weight is 140 g/mol. The van der Waals surface area contributed by atoms with Gasteiger partial charge >= 0.3 is 0 Å². The number of hydrogen-bond acceptors (Lipinski definition) is 5. The van der Waals surface area contributed by atoms with Gasteiger partial charge in [0.2, 0.25) is 0 Å². The van der Waals surface area contributed by atoms with E-state index in [9.17, 15) is 0 Å². The Morgan fingerprint density at radius 1 is 1.67 bits per heavy atom. The molecule has 0 fully saturated rings. The Hall–Kier alpha value is -0.970. The normalized spacial score (nSPS) is 21.3. The molecule has 0 atom stereocenters. The van der Waals surface area contributed by atoms with Gasteiger partial charge in [0, 0.05) is 6.20 Å². The fourth-order valence-corrected chi connectivity index (χ4v) is 1.11. The highest BCUT2D eigenvalue weighted by Gasteiger charge is 2.15. The van der Waals surface area contributed by atoms with Gasteiger partial charge in [0.25, 0.3) is 0 Å². The SMILES string of the molecule is C1=CNN2N=NSC2=C1. The van der Waals surface area contributed by atoms with Crippen LogP contribution in [0.5, 0.6) is 0 Å². The number of fused-ring (bicyclic) bond motifs is 1. The van der Waals surface area contributed by atoms with Crippen LogP contribution in [0.2, 0.25) is 0 Å². The molecule has 1 N–H and O–H groups in total. The van der Waals surface area contributed by atoms with E-state index in [1.807, 2.05) is 12.2 Å². The molecule has 0 radical (unpaired) electrons. The van der Waals surface area contributed by atoms with Gasteiger partial charge < -0.3 is 0 Å². The smallest absolute Gasteiger partial charge is 0.143 e. The molecular formula is C4H4N4S. The Morgan fingerprint density at radius 2 is 2.67 bits per heavy atom. The van der Waals surface area contributed by atoms with Crippen LogP contribution in [0.25, 0.3) is 0 Å². The number of hydrazine groups is 1. The van der Waals surface area contributed by atoms with Crippen LogP contribution in [0.1, 0.15) is 0 Å². The van der Waals surface area contributed by atoms with Crippen molar-refractivity contribution in [2.75, 3.05) is 0 Å². The predicted octanol–water partition coefficient (Wildman–Crippen LogP) is 1.19. The van der Waals surface area contributed by atoms with Crippen molar-refractivity contribution in [2.45, 2.75) is 0 Å². The first kappa shape index (κ1) is 4.87. The fraction of sp³-hybridized carbons (Fsp3) is 0. The number of nitrogens with zero attached hydrogens (tertiary/aromatic N) is 3. The molecule has 0 spiro atoms. The highest BCUT2D eigenvalue weighted by molar-refractivity contribution is 8.01. The minimum Gasteiger partial charge on any atom is -0.283 e. The second-order valence-corrected chi connectivity index (χ2v) is 2.33. The van der Waals surface area contributed by atoms with Crippen molar-refractivity contribution < 1.29 is 0 Å². The molecule has 0 bridgehead atoms. The van der Waals surface area contributed by atoms with Gasteiger partial charge in [-0.25, -0.2) is 0 Å². The summed E-state index contributed by atoms with van der Waals surface area (Å²) in [6.45, 7) is 0. The molecule has 2 aliphatic rings. The van der Waals surface area contributed by atoms with E-state index in [0.29, 0.717) is 0 Å². The minimum absolute atomic E-state index is 1.01. The summed E-state index contributed by atoms with van der Waals surface area (Å²) < 4.78 is 3.72. The van der Waals surface area contributed by atoms with Crippen LogP contribution >= 0.6 is 11.9 Å². The summed E-state index contributed by atoms with van der Waals surface area (Å²) in [6.07, 6.45) is 5.66. The van der Waals surface area contributed by atoms with E-state index in [1.165, 1.54) is 11.9 Å². The maximum absolute atomic E-state index is 3.75. The molecule has 0 saturated carbocycles. The van der Waals surface area contributed by atoms with Crippen molar-refractivity contribution in [3.8, 4) is 0 Å². The summed E-state index contributed by atoms with van der Waals surface area (Å²) in [5, 5.41) is 6.38. The van der Waals surface area contributed by atoms with E-state index >= 15 is 0 Å². The Kier molecular flexibility index (Phi) is 0.955. The standard InChI is InChI=1S/C4H4N4S/c1-2-4-8(5-3-1)6-7-9-4/h1-3,5H. The van der Waals surface area contributed by atoms with Gasteiger partial charge in [0.05, 0.1) is 11.9 Å². The topological polar surface area (TPSA) is 40.0 Å². The molecule has 2 aliphatic heterocycles. The zero-order valence-corrected chi connectivity index (χ0v) is 5.30. The molecule has 46 valence electrons. The van der Waals surface area contributed by atoms with Gasteiger partial charge in [-0.3, -0.25) is 5.43 Å². The van der Waals surface area contributed by atoms with Crippen LogP contribution in [-0.4, -0.2) is 5.12 Å². The lowest BCUT2D eigenvalue weighted by atomic mass is 10.5. The highest BCUT2D eigenvalue weighted by Crippen LogP contribution is 2.28. The summed E-state index contributed by atoms with van der Waals surface area (Å²) in [6, 6.07) is 0. The van der Waals surface area contributed by atoms with Crippen molar-refractivity contribution in [1.82, 2.24) is 10.5 Å². The Balaban J connectivity index is 2.29. The number of allylic oxidation sites excluding steroid dienone is 2. The third kappa shape index (κ3) is 0.692. The van der Waals surface area contributed by atoms with E-state index in [2.05, 4.69) is 15.2 Å². The monoisotopic (exact) mass is 140 g/mol. The van der Waals surface area contributed by atoms with Gasteiger partial charge in [0.15, 0.2) is 0 Å². The van der Waals surface area contributed by atoms with Crippen molar-refractivity contribution in [2.24, 2.45) is 9.74 Å². The van der Waals surface area contributed by atoms with Gasteiger partial charge in [-0.15, -0.1) is 5.12 Å². The Labute approximate surface area is 56.4 Å². The van der Waals surface area contributed by atoms with E-state index in [1.54, 1.807) is 11.3 Å². The maximum Gasteiger partial charge on any atom is 0.143 e. The second kappa shape index (κ2) is 1.77. The fourth-order valence-electron chi connectivity index (χ4n) is 0.614. The van der Waals surface area contributed by atoms with Crippen LogP contribution in [0.3, 0.4) is 0 Å². The zero-order chi connectivity index (χ0) is 6.10. The molecule has 4 nitrogen and oxygen atoms in total. The maximum atomic E-state index is 3.75. The molecule has 9 heavy (non-hydrogen) atoms. The first-order valence-corrected chi connectivity index (χ1v) is 3.25. The molecule has 0 unspecified atom stereocenters. The molecule has 0 aliphatic carbocycles. The van der Waals surface area contributed by atoms with E-state index in [4.69, 9.17) is 0 Å². The molecule has 0 amide bonds. The van der Waals surface area contributed by atoms with Crippen molar-refractivity contribution in [3.63, 3.8) is 0 Å². The Bertz CT molecular complexity index is 207. The van der Waals surface area contributed by atoms with Gasteiger partial charge in [-0.1, -0.05) is 4.52 Å². The number of hydrogen-bond donors (Lipinski definition) is 1. The summed E-state index contributed by atoms with van der Waals surface area (Å²) in [7, 11) is 0. The van der Waals surface area contributed by atoms with Gasteiger partial charge in [-0.05, 0) is 17.4 Å². The van der Waals surface area contributed by atoms with Crippen molar-refractivity contribution >= 4 is 11.9 Å². The largest absolute Gasteiger partial charge is 0.283 e. The van der Waals surface area contributed by atoms with Crippen LogP contribution < -0.4 is 5.43 Å². The zero-order valence-electron chi connectivity index (χ0n) is 4.48. The van der Waals surface area contributed by atoms with E-state index in [0.717, 1.165) is 5.03 Å². The second-order valence-electron chi connectivity index (χ2n) is 1.57. The number of nitrogens with one attached hydrogen (secondary N) is 1. The summed E-state index contributed by atoms with van der Waals surface area (Å²) in [5.74, 6) is 0. The Morgan fingerprint density at radius 3 is 3.56 bits per heavy atom. The van der Waals surface area contributed by atoms with Crippen LogP contribution in [0, 0.1) is 0 Å². The van der Waals surface area contributed by atoms with Crippen molar-refractivity contribution in [1.29, 1.82) is 0 Å². The third-order valence-electron chi connectivity index (χ3n) is 1.00. The third-order valence-corrected chi connectivity index (χ3v) is 1.65. The lowest BCUT2D eigenvalue weighted by Gasteiger charge is -2.13. The molecule has 0 saturated heterocycles. The molecule has 0 aromatic carbocycles. The highest BCUT2D eigenvalue weighted by atomic mass is 32.2. The van der Waals surface area contributed by atoms with Crippen LogP contribution in [0.15, 0.2) is 33.1 Å². The summed E-state index contributed by atoms with van der Waals surface area (Å²) >= 11 is 1.36. The van der Waals surface area contributed by atoms with Crippen LogP contribution in [-0.2, 0) is 0 Å².